The molecule has 1 amide bonds. The van der Waals surface area contributed by atoms with E-state index in [-0.39, 0.29) is 29.5 Å². The van der Waals surface area contributed by atoms with Gasteiger partial charge in [0.2, 0.25) is 0 Å². The van der Waals surface area contributed by atoms with Crippen molar-refractivity contribution in [2.75, 3.05) is 19.6 Å². The molecule has 0 saturated carbocycles. The smallest absolute Gasteiger partial charge is 0.254 e. The molecule has 158 valence electrons. The summed E-state index contributed by atoms with van der Waals surface area (Å²) < 4.78 is 20.8. The molecule has 6 nitrogen and oxygen atoms in total. The molecular weight excluding hydrogens is 371 g/mol. The van der Waals surface area contributed by atoms with E-state index < -0.39 is 0 Å². The number of nitrogens with zero attached hydrogens (tertiary/aromatic N) is 3. The van der Waals surface area contributed by atoms with Gasteiger partial charge in [0, 0.05) is 25.2 Å². The van der Waals surface area contributed by atoms with Crippen molar-refractivity contribution in [2.24, 2.45) is 0 Å². The first-order chi connectivity index (χ1) is 13.7. The highest BCUT2D eigenvalue weighted by molar-refractivity contribution is 5.95. The summed E-state index contributed by atoms with van der Waals surface area (Å²) in [4.78, 5) is 15.3. The van der Waals surface area contributed by atoms with Gasteiger partial charge < -0.3 is 10.1 Å². The summed E-state index contributed by atoms with van der Waals surface area (Å²) in [6.07, 6.45) is 2.58. The summed E-state index contributed by atoms with van der Waals surface area (Å²) in [5.41, 5.74) is 1.90. The second kappa shape index (κ2) is 8.63. The zero-order chi connectivity index (χ0) is 21.2. The summed E-state index contributed by atoms with van der Waals surface area (Å²) in [5.74, 6) is -0.441. The molecule has 7 heteroatoms. The Kier molecular flexibility index (Phi) is 6.39. The van der Waals surface area contributed by atoms with Crippen LogP contribution in [0, 0.1) is 5.82 Å². The summed E-state index contributed by atoms with van der Waals surface area (Å²) in [6.45, 7) is 12.6. The molecule has 0 unspecified atom stereocenters. The Balaban J connectivity index is 1.71. The molecule has 1 saturated heterocycles. The quantitative estimate of drug-likeness (QED) is 0.806. The molecule has 1 aliphatic rings. The van der Waals surface area contributed by atoms with E-state index in [0.717, 1.165) is 24.5 Å². The Bertz CT molecular complexity index is 837. The number of rotatable bonds is 6. The lowest BCUT2D eigenvalue weighted by atomic mass is 10.00. The van der Waals surface area contributed by atoms with E-state index in [1.165, 1.54) is 12.1 Å². The maximum Gasteiger partial charge on any atom is 0.254 e. The molecule has 2 atom stereocenters. The van der Waals surface area contributed by atoms with Crippen molar-refractivity contribution in [1.29, 1.82) is 0 Å². The van der Waals surface area contributed by atoms with Crippen LogP contribution in [0.1, 0.15) is 50.7 Å². The van der Waals surface area contributed by atoms with Crippen LogP contribution < -0.4 is 5.32 Å². The Hall–Kier alpha value is -2.25. The third-order valence-electron chi connectivity index (χ3n) is 5.48. The maximum absolute atomic E-state index is 13.2. The van der Waals surface area contributed by atoms with Crippen molar-refractivity contribution in [3.05, 3.63) is 47.5 Å². The van der Waals surface area contributed by atoms with Crippen molar-refractivity contribution in [3.8, 4) is 5.69 Å². The van der Waals surface area contributed by atoms with Gasteiger partial charge in [-0.05, 0) is 58.4 Å². The first kappa shape index (κ1) is 21.5. The topological polar surface area (TPSA) is 59.4 Å². The molecule has 0 aliphatic carbocycles. The lowest BCUT2D eigenvalue weighted by Gasteiger charge is -2.45. The van der Waals surface area contributed by atoms with Gasteiger partial charge in [0.25, 0.3) is 5.91 Å². The lowest BCUT2D eigenvalue weighted by molar-refractivity contribution is -0.0948. The van der Waals surface area contributed by atoms with Gasteiger partial charge >= 0.3 is 0 Å². The van der Waals surface area contributed by atoms with Crippen LogP contribution in [0.2, 0.25) is 0 Å². The molecule has 1 fully saturated rings. The van der Waals surface area contributed by atoms with E-state index >= 15 is 0 Å². The van der Waals surface area contributed by atoms with E-state index in [0.29, 0.717) is 18.5 Å². The Morgan fingerprint density at radius 1 is 1.24 bits per heavy atom. The van der Waals surface area contributed by atoms with Crippen LogP contribution in [0.3, 0.4) is 0 Å². The highest BCUT2D eigenvalue weighted by Gasteiger charge is 2.33. The van der Waals surface area contributed by atoms with Gasteiger partial charge in [-0.15, -0.1) is 0 Å². The fourth-order valence-corrected chi connectivity index (χ4v) is 3.88. The SMILES string of the molecule is CCc1c(C(=O)NCC(C)(C)N2C[C@@H](C)O[C@@H](C)C2)cnn1-c1ccc(F)cc1. The van der Waals surface area contributed by atoms with Crippen LogP contribution in [0.15, 0.2) is 30.5 Å². The number of hydrogen-bond acceptors (Lipinski definition) is 4. The minimum Gasteiger partial charge on any atom is -0.373 e. The number of benzene rings is 1. The number of aromatic nitrogens is 2. The monoisotopic (exact) mass is 402 g/mol. The first-order valence-corrected chi connectivity index (χ1v) is 10.2. The molecule has 0 radical (unpaired) electrons. The normalized spacial score (nSPS) is 20.6. The molecule has 2 aromatic rings. The highest BCUT2D eigenvalue weighted by Crippen LogP contribution is 2.21. The highest BCUT2D eigenvalue weighted by atomic mass is 19.1. The predicted molar refractivity (Wildman–Crippen MR) is 111 cm³/mol. The summed E-state index contributed by atoms with van der Waals surface area (Å²) in [6, 6.07) is 6.10. The minimum absolute atomic E-state index is 0.141. The fraction of sp³-hybridized carbons (Fsp3) is 0.545. The number of halogens is 1. The van der Waals surface area contributed by atoms with E-state index in [1.54, 1.807) is 23.0 Å². The molecule has 0 spiro atoms. The second-order valence-electron chi connectivity index (χ2n) is 8.40. The Morgan fingerprint density at radius 3 is 2.45 bits per heavy atom. The van der Waals surface area contributed by atoms with Crippen LogP contribution in [0.25, 0.3) is 5.69 Å². The third-order valence-corrected chi connectivity index (χ3v) is 5.48. The number of carbonyl (C=O) groups excluding carboxylic acids is 1. The number of carbonyl (C=O) groups is 1. The minimum atomic E-state index is -0.300. The molecule has 1 N–H and O–H groups in total. The van der Waals surface area contributed by atoms with Gasteiger partial charge in [-0.2, -0.15) is 5.10 Å². The standard InChI is InChI=1S/C22H31FN4O2/c1-6-20-19(11-25-27(20)18-9-7-17(23)8-10-18)21(28)24-14-22(4,5)26-12-15(2)29-16(3)13-26/h7-11,15-16H,6,12-14H2,1-5H3,(H,24,28)/t15-,16+. The van der Waals surface area contributed by atoms with E-state index in [4.69, 9.17) is 4.74 Å². The van der Waals surface area contributed by atoms with Gasteiger partial charge in [0.1, 0.15) is 5.82 Å². The van der Waals surface area contributed by atoms with Crippen molar-refractivity contribution in [1.82, 2.24) is 20.0 Å². The predicted octanol–water partition coefficient (Wildman–Crippen LogP) is 3.19. The third kappa shape index (κ3) is 4.85. The van der Waals surface area contributed by atoms with Gasteiger partial charge in [-0.3, -0.25) is 9.69 Å². The van der Waals surface area contributed by atoms with Crippen LogP contribution in [-0.2, 0) is 11.2 Å². The molecule has 0 bridgehead atoms. The van der Waals surface area contributed by atoms with Gasteiger partial charge in [0.15, 0.2) is 0 Å². The van der Waals surface area contributed by atoms with Crippen molar-refractivity contribution in [2.45, 2.75) is 58.8 Å². The van der Waals surface area contributed by atoms with Gasteiger partial charge in [-0.25, -0.2) is 9.07 Å². The van der Waals surface area contributed by atoms with E-state index in [2.05, 4.69) is 43.0 Å². The van der Waals surface area contributed by atoms with Gasteiger partial charge in [0.05, 0.1) is 35.3 Å². The number of nitrogens with one attached hydrogen (secondary N) is 1. The second-order valence-corrected chi connectivity index (χ2v) is 8.40. The molecule has 1 aromatic heterocycles. The fourth-order valence-electron chi connectivity index (χ4n) is 3.88. The number of amides is 1. The van der Waals surface area contributed by atoms with Crippen molar-refractivity contribution < 1.29 is 13.9 Å². The summed E-state index contributed by atoms with van der Waals surface area (Å²) in [7, 11) is 0. The zero-order valence-electron chi connectivity index (χ0n) is 17.9. The molecule has 29 heavy (non-hydrogen) atoms. The average Bonchev–Trinajstić information content (AvgIpc) is 3.10. The maximum atomic E-state index is 13.2. The molecule has 2 heterocycles. The zero-order valence-corrected chi connectivity index (χ0v) is 17.9. The van der Waals surface area contributed by atoms with Crippen molar-refractivity contribution in [3.63, 3.8) is 0 Å². The molecule has 1 aromatic carbocycles. The largest absolute Gasteiger partial charge is 0.373 e. The van der Waals surface area contributed by atoms with Crippen molar-refractivity contribution >= 4 is 5.91 Å². The molecular formula is C22H31FN4O2. The van der Waals surface area contributed by atoms with E-state index in [9.17, 15) is 9.18 Å². The number of ether oxygens (including phenoxy) is 1. The lowest BCUT2D eigenvalue weighted by Crippen LogP contribution is -2.58. The van der Waals surface area contributed by atoms with Crippen LogP contribution in [-0.4, -0.2) is 58.0 Å². The number of morpholine rings is 1. The van der Waals surface area contributed by atoms with Crippen LogP contribution in [0.4, 0.5) is 4.39 Å². The number of hydrogen-bond donors (Lipinski definition) is 1. The Labute approximate surface area is 172 Å². The summed E-state index contributed by atoms with van der Waals surface area (Å²) >= 11 is 0. The first-order valence-electron chi connectivity index (χ1n) is 10.2. The average molecular weight is 403 g/mol. The molecule has 3 rings (SSSR count). The van der Waals surface area contributed by atoms with Gasteiger partial charge in [-0.1, -0.05) is 6.92 Å². The molecule has 1 aliphatic heterocycles. The van der Waals surface area contributed by atoms with E-state index in [1.807, 2.05) is 6.92 Å². The Morgan fingerprint density at radius 2 is 1.86 bits per heavy atom. The van der Waals surface area contributed by atoms with Crippen LogP contribution >= 0.6 is 0 Å². The van der Waals surface area contributed by atoms with Crippen LogP contribution in [0.5, 0.6) is 0 Å². The summed E-state index contributed by atoms with van der Waals surface area (Å²) in [5, 5.41) is 7.45.